The maximum absolute atomic E-state index is 12.9. The maximum Gasteiger partial charge on any atom is 0.263 e. The third-order valence-electron chi connectivity index (χ3n) is 3.86. The summed E-state index contributed by atoms with van der Waals surface area (Å²) in [6.45, 7) is 0. The van der Waals surface area contributed by atoms with Crippen LogP contribution in [0.5, 0.6) is 11.5 Å². The van der Waals surface area contributed by atoms with Crippen LogP contribution >= 0.6 is 11.6 Å². The fourth-order valence-electron chi connectivity index (χ4n) is 2.53. The van der Waals surface area contributed by atoms with Gasteiger partial charge in [-0.25, -0.2) is 12.8 Å². The minimum absolute atomic E-state index is 0.00200. The van der Waals surface area contributed by atoms with Crippen LogP contribution < -0.4 is 9.46 Å². The summed E-state index contributed by atoms with van der Waals surface area (Å²) >= 11 is 6.11. The Kier molecular flexibility index (Phi) is 4.66. The van der Waals surface area contributed by atoms with Crippen molar-refractivity contribution in [2.45, 2.75) is 4.90 Å². The smallest absolute Gasteiger partial charge is 0.263 e. The molecule has 1 N–H and O–H groups in total. The molecule has 0 atom stereocenters. The molecule has 4 aromatic rings. The Morgan fingerprint density at radius 1 is 0.964 bits per heavy atom. The number of aromatic nitrogens is 1. The van der Waals surface area contributed by atoms with Crippen LogP contribution in [0.3, 0.4) is 0 Å². The third-order valence-corrected chi connectivity index (χ3v) is 5.53. The second kappa shape index (κ2) is 7.14. The number of fused-ring (bicyclic) bond motifs is 1. The summed E-state index contributed by atoms with van der Waals surface area (Å²) in [5.41, 5.74) is 0.369. The standard InChI is InChI=1S/C19H12ClFN2O4S/c20-16-2-1-3-17-18(16)19(22-27-17)23-28(24,25)15-10-8-14(9-11-15)26-13-6-4-12(21)5-7-13/h1-11H,(H,22,23). The van der Waals surface area contributed by atoms with Gasteiger partial charge in [-0.1, -0.05) is 22.8 Å². The van der Waals surface area contributed by atoms with Crippen molar-refractivity contribution in [2.75, 3.05) is 4.72 Å². The van der Waals surface area contributed by atoms with E-state index in [1.165, 1.54) is 48.5 Å². The molecule has 0 saturated carbocycles. The molecule has 0 unspecified atom stereocenters. The summed E-state index contributed by atoms with van der Waals surface area (Å²) in [6, 6.07) is 16.1. The van der Waals surface area contributed by atoms with Crippen LogP contribution in [0.4, 0.5) is 10.2 Å². The Hall–Kier alpha value is -3.10. The van der Waals surface area contributed by atoms with Crippen molar-refractivity contribution in [3.63, 3.8) is 0 Å². The van der Waals surface area contributed by atoms with E-state index in [0.717, 1.165) is 0 Å². The van der Waals surface area contributed by atoms with Crippen molar-refractivity contribution in [3.8, 4) is 11.5 Å². The molecule has 142 valence electrons. The van der Waals surface area contributed by atoms with E-state index >= 15 is 0 Å². The predicted octanol–water partition coefficient (Wildman–Crippen LogP) is 5.21. The van der Waals surface area contributed by atoms with Crippen LogP contribution in [0.15, 0.2) is 76.1 Å². The average Bonchev–Trinajstić information content (AvgIpc) is 3.08. The summed E-state index contributed by atoms with van der Waals surface area (Å²) < 4.78 is 51.3. The van der Waals surface area contributed by atoms with Crippen LogP contribution in [-0.2, 0) is 10.0 Å². The fourth-order valence-corrected chi connectivity index (χ4v) is 3.79. The second-order valence-electron chi connectivity index (χ2n) is 5.78. The normalized spacial score (nSPS) is 11.5. The number of ether oxygens (including phenoxy) is 1. The number of nitrogens with zero attached hydrogens (tertiary/aromatic N) is 1. The van der Waals surface area contributed by atoms with Gasteiger partial charge < -0.3 is 9.26 Å². The first-order valence-corrected chi connectivity index (χ1v) is 9.89. The molecule has 3 aromatic carbocycles. The molecule has 4 rings (SSSR count). The molecule has 0 amide bonds. The number of rotatable bonds is 5. The first kappa shape index (κ1) is 18.3. The summed E-state index contributed by atoms with van der Waals surface area (Å²) in [4.78, 5) is 0.00200. The minimum Gasteiger partial charge on any atom is -0.457 e. The number of nitrogens with one attached hydrogen (secondary N) is 1. The van der Waals surface area contributed by atoms with Gasteiger partial charge in [-0.15, -0.1) is 0 Å². The van der Waals surface area contributed by atoms with Crippen molar-refractivity contribution in [1.82, 2.24) is 5.16 Å². The third kappa shape index (κ3) is 3.64. The van der Waals surface area contributed by atoms with Gasteiger partial charge in [0.2, 0.25) is 0 Å². The van der Waals surface area contributed by atoms with Crippen molar-refractivity contribution in [3.05, 3.63) is 77.6 Å². The summed E-state index contributed by atoms with van der Waals surface area (Å²) in [5, 5.41) is 4.44. The Morgan fingerprint density at radius 3 is 2.29 bits per heavy atom. The molecule has 9 heteroatoms. The first-order chi connectivity index (χ1) is 13.4. The SMILES string of the molecule is O=S(=O)(Nc1noc2cccc(Cl)c12)c1ccc(Oc2ccc(F)cc2)cc1. The Balaban J connectivity index is 1.56. The lowest BCUT2D eigenvalue weighted by atomic mass is 10.2. The number of sulfonamides is 1. The fraction of sp³-hybridized carbons (Fsp3) is 0. The highest BCUT2D eigenvalue weighted by molar-refractivity contribution is 7.92. The molecule has 0 aliphatic rings. The molecular weight excluding hydrogens is 407 g/mol. The molecule has 0 spiro atoms. The largest absolute Gasteiger partial charge is 0.457 e. The predicted molar refractivity (Wildman–Crippen MR) is 103 cm³/mol. The van der Waals surface area contributed by atoms with Crippen LogP contribution in [0.1, 0.15) is 0 Å². The van der Waals surface area contributed by atoms with Gasteiger partial charge in [0.15, 0.2) is 11.4 Å². The average molecular weight is 419 g/mol. The highest BCUT2D eigenvalue weighted by atomic mass is 35.5. The van der Waals surface area contributed by atoms with E-state index in [-0.39, 0.29) is 16.5 Å². The minimum atomic E-state index is -3.92. The van der Waals surface area contributed by atoms with Gasteiger partial charge in [0.05, 0.1) is 15.3 Å². The highest BCUT2D eigenvalue weighted by Gasteiger charge is 2.20. The van der Waals surface area contributed by atoms with Crippen LogP contribution in [0.2, 0.25) is 5.02 Å². The molecule has 0 fully saturated rings. The molecular formula is C19H12ClFN2O4S. The van der Waals surface area contributed by atoms with Gasteiger partial charge in [-0.3, -0.25) is 4.72 Å². The Morgan fingerprint density at radius 2 is 1.61 bits per heavy atom. The molecule has 0 radical (unpaired) electrons. The van der Waals surface area contributed by atoms with Crippen LogP contribution in [0, 0.1) is 5.82 Å². The number of benzene rings is 3. The van der Waals surface area contributed by atoms with E-state index in [1.54, 1.807) is 18.2 Å². The van der Waals surface area contributed by atoms with E-state index < -0.39 is 10.0 Å². The second-order valence-corrected chi connectivity index (χ2v) is 7.87. The molecule has 1 aromatic heterocycles. The molecule has 28 heavy (non-hydrogen) atoms. The number of hydrogen-bond donors (Lipinski definition) is 1. The first-order valence-electron chi connectivity index (χ1n) is 8.02. The summed E-state index contributed by atoms with van der Waals surface area (Å²) in [5.74, 6) is 0.465. The quantitative estimate of drug-likeness (QED) is 0.481. The van der Waals surface area contributed by atoms with Crippen molar-refractivity contribution < 1.29 is 22.1 Å². The van der Waals surface area contributed by atoms with E-state index in [4.69, 9.17) is 20.9 Å². The highest BCUT2D eigenvalue weighted by Crippen LogP contribution is 2.31. The zero-order chi connectivity index (χ0) is 19.7. The van der Waals surface area contributed by atoms with Gasteiger partial charge in [-0.2, -0.15) is 0 Å². The summed E-state index contributed by atoms with van der Waals surface area (Å²) in [7, 11) is -3.92. The number of hydrogen-bond acceptors (Lipinski definition) is 5. The molecule has 0 bridgehead atoms. The number of anilines is 1. The molecule has 0 aliphatic heterocycles. The van der Waals surface area contributed by atoms with Gasteiger partial charge >= 0.3 is 0 Å². The van der Waals surface area contributed by atoms with E-state index in [9.17, 15) is 12.8 Å². The van der Waals surface area contributed by atoms with E-state index in [2.05, 4.69) is 9.88 Å². The zero-order valence-corrected chi connectivity index (χ0v) is 15.7. The van der Waals surface area contributed by atoms with Crippen LogP contribution in [-0.4, -0.2) is 13.6 Å². The van der Waals surface area contributed by atoms with Gasteiger partial charge in [0.1, 0.15) is 17.3 Å². The monoisotopic (exact) mass is 418 g/mol. The lowest BCUT2D eigenvalue weighted by Crippen LogP contribution is -2.13. The summed E-state index contributed by atoms with van der Waals surface area (Å²) in [6.07, 6.45) is 0. The van der Waals surface area contributed by atoms with Crippen molar-refractivity contribution in [1.29, 1.82) is 0 Å². The molecule has 1 heterocycles. The van der Waals surface area contributed by atoms with Crippen molar-refractivity contribution in [2.24, 2.45) is 0 Å². The van der Waals surface area contributed by atoms with E-state index in [1.807, 2.05) is 0 Å². The Labute approximate surface area is 164 Å². The number of halogens is 2. The van der Waals surface area contributed by atoms with Crippen LogP contribution in [0.25, 0.3) is 11.0 Å². The molecule has 0 aliphatic carbocycles. The topological polar surface area (TPSA) is 81.4 Å². The zero-order valence-electron chi connectivity index (χ0n) is 14.1. The lowest BCUT2D eigenvalue weighted by molar-refractivity contribution is 0.460. The van der Waals surface area contributed by atoms with Crippen molar-refractivity contribution >= 4 is 38.4 Å². The molecule has 0 saturated heterocycles. The Bertz CT molecular complexity index is 1240. The molecule has 6 nitrogen and oxygen atoms in total. The van der Waals surface area contributed by atoms with Gasteiger partial charge in [0, 0.05) is 0 Å². The van der Waals surface area contributed by atoms with Gasteiger partial charge in [-0.05, 0) is 60.7 Å². The van der Waals surface area contributed by atoms with Gasteiger partial charge in [0.25, 0.3) is 10.0 Å². The van der Waals surface area contributed by atoms with E-state index in [0.29, 0.717) is 27.5 Å². The maximum atomic E-state index is 12.9. The lowest BCUT2D eigenvalue weighted by Gasteiger charge is -2.08.